The van der Waals surface area contributed by atoms with Gasteiger partial charge in [0.1, 0.15) is 0 Å². The smallest absolute Gasteiger partial charge is 0.0769 e. The lowest BCUT2D eigenvalue weighted by Crippen LogP contribution is -2.53. The van der Waals surface area contributed by atoms with Crippen molar-refractivity contribution in [2.24, 2.45) is 0 Å². The monoisotopic (exact) mass is 331 g/mol. The summed E-state index contributed by atoms with van der Waals surface area (Å²) in [5.74, 6) is 0. The SMILES string of the molecule is CCC(C)(C(O)Cc1ccc(Br)s1)N1CCCC1. The Labute approximate surface area is 122 Å². The summed E-state index contributed by atoms with van der Waals surface area (Å²) in [5, 5.41) is 10.6. The maximum absolute atomic E-state index is 10.6. The van der Waals surface area contributed by atoms with Crippen molar-refractivity contribution in [1.29, 1.82) is 0 Å². The van der Waals surface area contributed by atoms with Crippen LogP contribution in [0.1, 0.15) is 38.0 Å². The van der Waals surface area contributed by atoms with E-state index in [0.717, 1.165) is 29.7 Å². The molecule has 0 aromatic carbocycles. The Morgan fingerprint density at radius 1 is 1.44 bits per heavy atom. The van der Waals surface area contributed by atoms with Crippen LogP contribution in [-0.4, -0.2) is 34.7 Å². The van der Waals surface area contributed by atoms with Gasteiger partial charge in [-0.25, -0.2) is 0 Å². The van der Waals surface area contributed by atoms with Crippen LogP contribution in [0.4, 0.5) is 0 Å². The molecule has 0 spiro atoms. The number of hydrogen-bond donors (Lipinski definition) is 1. The highest BCUT2D eigenvalue weighted by Gasteiger charge is 2.38. The highest BCUT2D eigenvalue weighted by atomic mass is 79.9. The van der Waals surface area contributed by atoms with Crippen LogP contribution in [0.25, 0.3) is 0 Å². The molecule has 1 aliphatic heterocycles. The van der Waals surface area contributed by atoms with Crippen LogP contribution in [0, 0.1) is 0 Å². The van der Waals surface area contributed by atoms with Gasteiger partial charge in [0.15, 0.2) is 0 Å². The van der Waals surface area contributed by atoms with Crippen molar-refractivity contribution in [2.45, 2.75) is 51.2 Å². The molecule has 0 amide bonds. The summed E-state index contributed by atoms with van der Waals surface area (Å²) < 4.78 is 1.14. The van der Waals surface area contributed by atoms with Gasteiger partial charge < -0.3 is 5.11 Å². The minimum absolute atomic E-state index is 0.0764. The van der Waals surface area contributed by atoms with Crippen molar-refractivity contribution in [3.05, 3.63) is 20.8 Å². The van der Waals surface area contributed by atoms with Crippen molar-refractivity contribution < 1.29 is 5.11 Å². The maximum Gasteiger partial charge on any atom is 0.0769 e. The number of nitrogens with zero attached hydrogens (tertiary/aromatic N) is 1. The molecule has 1 fully saturated rings. The van der Waals surface area contributed by atoms with Crippen molar-refractivity contribution in [1.82, 2.24) is 4.90 Å². The average Bonchev–Trinajstić information content (AvgIpc) is 2.99. The largest absolute Gasteiger partial charge is 0.391 e. The van der Waals surface area contributed by atoms with E-state index in [4.69, 9.17) is 0 Å². The number of halogens is 1. The van der Waals surface area contributed by atoms with Gasteiger partial charge in [-0.05, 0) is 67.3 Å². The number of aliphatic hydroxyl groups excluding tert-OH is 1. The summed E-state index contributed by atoms with van der Waals surface area (Å²) in [6.45, 7) is 6.67. The lowest BCUT2D eigenvalue weighted by Gasteiger charge is -2.42. The van der Waals surface area contributed by atoms with Gasteiger partial charge in [0.25, 0.3) is 0 Å². The third-order valence-electron chi connectivity index (χ3n) is 4.29. The third kappa shape index (κ3) is 2.98. The number of aliphatic hydroxyl groups is 1. The van der Waals surface area contributed by atoms with E-state index < -0.39 is 0 Å². The van der Waals surface area contributed by atoms with E-state index in [2.05, 4.69) is 46.8 Å². The Kier molecular flexibility index (Phi) is 4.86. The lowest BCUT2D eigenvalue weighted by atomic mass is 9.87. The molecule has 0 aliphatic carbocycles. The van der Waals surface area contributed by atoms with Crippen LogP contribution in [0.3, 0.4) is 0 Å². The molecule has 0 saturated carbocycles. The summed E-state index contributed by atoms with van der Waals surface area (Å²) in [5.41, 5.74) is -0.0764. The van der Waals surface area contributed by atoms with E-state index in [1.165, 1.54) is 17.7 Å². The maximum atomic E-state index is 10.6. The first kappa shape index (κ1) is 14.5. The molecule has 18 heavy (non-hydrogen) atoms. The van der Waals surface area contributed by atoms with Crippen LogP contribution < -0.4 is 0 Å². The fourth-order valence-corrected chi connectivity index (χ4v) is 4.29. The molecular formula is C14H22BrNOS. The van der Waals surface area contributed by atoms with Crippen molar-refractivity contribution in [3.8, 4) is 0 Å². The fourth-order valence-electron chi connectivity index (χ4n) is 2.77. The van der Waals surface area contributed by atoms with E-state index in [1.54, 1.807) is 11.3 Å². The first-order valence-electron chi connectivity index (χ1n) is 6.73. The van der Waals surface area contributed by atoms with Gasteiger partial charge in [0.2, 0.25) is 0 Å². The molecule has 0 bridgehead atoms. The van der Waals surface area contributed by atoms with Gasteiger partial charge in [-0.15, -0.1) is 11.3 Å². The van der Waals surface area contributed by atoms with Gasteiger partial charge in [-0.2, -0.15) is 0 Å². The highest BCUT2D eigenvalue weighted by Crippen LogP contribution is 2.31. The zero-order valence-corrected chi connectivity index (χ0v) is 13.6. The molecule has 1 aromatic heterocycles. The van der Waals surface area contributed by atoms with Crippen LogP contribution in [0.5, 0.6) is 0 Å². The van der Waals surface area contributed by atoms with Crippen molar-refractivity contribution in [3.63, 3.8) is 0 Å². The van der Waals surface area contributed by atoms with E-state index in [0.29, 0.717) is 0 Å². The standard InChI is InChI=1S/C14H22BrNOS/c1-3-14(2,16-8-4-5-9-16)12(17)10-11-6-7-13(15)18-11/h6-7,12,17H,3-5,8-10H2,1-2H3. The zero-order valence-electron chi connectivity index (χ0n) is 11.2. The second kappa shape index (κ2) is 6.04. The molecule has 2 unspecified atom stereocenters. The number of rotatable bonds is 5. The number of thiophene rings is 1. The molecule has 1 saturated heterocycles. The average molecular weight is 332 g/mol. The van der Waals surface area contributed by atoms with Crippen LogP contribution in [0.15, 0.2) is 15.9 Å². The Balaban J connectivity index is 2.06. The van der Waals surface area contributed by atoms with E-state index in [9.17, 15) is 5.11 Å². The molecule has 0 radical (unpaired) electrons. The first-order valence-corrected chi connectivity index (χ1v) is 8.34. The molecule has 1 aliphatic rings. The molecule has 1 N–H and O–H groups in total. The zero-order chi connectivity index (χ0) is 13.2. The summed E-state index contributed by atoms with van der Waals surface area (Å²) in [4.78, 5) is 3.73. The summed E-state index contributed by atoms with van der Waals surface area (Å²) in [6, 6.07) is 4.17. The Bertz CT molecular complexity index is 389. The molecular weight excluding hydrogens is 310 g/mol. The fraction of sp³-hybridized carbons (Fsp3) is 0.714. The Hall–Kier alpha value is 0.1000. The van der Waals surface area contributed by atoms with E-state index in [-0.39, 0.29) is 11.6 Å². The van der Waals surface area contributed by atoms with Gasteiger partial charge in [-0.1, -0.05) is 6.92 Å². The number of likely N-dealkylation sites (tertiary alicyclic amines) is 1. The Morgan fingerprint density at radius 3 is 2.61 bits per heavy atom. The van der Waals surface area contributed by atoms with Crippen LogP contribution >= 0.6 is 27.3 Å². The first-order chi connectivity index (χ1) is 8.56. The molecule has 2 heterocycles. The van der Waals surface area contributed by atoms with E-state index >= 15 is 0 Å². The lowest BCUT2D eigenvalue weighted by molar-refractivity contribution is -0.0113. The summed E-state index contributed by atoms with van der Waals surface area (Å²) >= 11 is 5.21. The topological polar surface area (TPSA) is 23.5 Å². The highest BCUT2D eigenvalue weighted by molar-refractivity contribution is 9.11. The molecule has 2 rings (SSSR count). The van der Waals surface area contributed by atoms with Gasteiger partial charge >= 0.3 is 0 Å². The number of hydrogen-bond acceptors (Lipinski definition) is 3. The van der Waals surface area contributed by atoms with E-state index in [1.807, 2.05) is 0 Å². The van der Waals surface area contributed by atoms with Crippen molar-refractivity contribution >= 4 is 27.3 Å². The molecule has 1 aromatic rings. The minimum atomic E-state index is -0.286. The molecule has 2 atom stereocenters. The summed E-state index contributed by atoms with van der Waals surface area (Å²) in [7, 11) is 0. The van der Waals surface area contributed by atoms with Crippen molar-refractivity contribution in [2.75, 3.05) is 13.1 Å². The predicted molar refractivity (Wildman–Crippen MR) is 81.2 cm³/mol. The quantitative estimate of drug-likeness (QED) is 0.889. The van der Waals surface area contributed by atoms with Gasteiger partial charge in [0.05, 0.1) is 9.89 Å². The minimum Gasteiger partial charge on any atom is -0.391 e. The third-order valence-corrected chi connectivity index (χ3v) is 5.93. The molecule has 4 heteroatoms. The summed E-state index contributed by atoms with van der Waals surface area (Å²) in [6.07, 6.45) is 4.02. The van der Waals surface area contributed by atoms with Crippen LogP contribution in [-0.2, 0) is 6.42 Å². The Morgan fingerprint density at radius 2 is 2.11 bits per heavy atom. The predicted octanol–water partition coefficient (Wildman–Crippen LogP) is 3.68. The molecule has 102 valence electrons. The van der Waals surface area contributed by atoms with Gasteiger partial charge in [-0.3, -0.25) is 4.90 Å². The van der Waals surface area contributed by atoms with Crippen LogP contribution in [0.2, 0.25) is 0 Å². The second-order valence-electron chi connectivity index (χ2n) is 5.33. The molecule has 2 nitrogen and oxygen atoms in total. The van der Waals surface area contributed by atoms with Gasteiger partial charge in [0, 0.05) is 16.8 Å². The second-order valence-corrected chi connectivity index (χ2v) is 7.88. The normalized spacial score (nSPS) is 22.0.